The molecular formula is C16H28N2O. The van der Waals surface area contributed by atoms with Crippen LogP contribution in [-0.2, 0) is 4.79 Å². The van der Waals surface area contributed by atoms with Gasteiger partial charge in [0.05, 0.1) is 0 Å². The molecule has 2 N–H and O–H groups in total. The van der Waals surface area contributed by atoms with Crippen molar-refractivity contribution in [3.05, 3.63) is 0 Å². The summed E-state index contributed by atoms with van der Waals surface area (Å²) < 4.78 is 0. The summed E-state index contributed by atoms with van der Waals surface area (Å²) in [4.78, 5) is 14.9. The minimum atomic E-state index is -0.194. The molecule has 108 valence electrons. The molecule has 3 fully saturated rings. The van der Waals surface area contributed by atoms with Crippen molar-refractivity contribution in [1.29, 1.82) is 0 Å². The van der Waals surface area contributed by atoms with E-state index >= 15 is 0 Å². The monoisotopic (exact) mass is 264 g/mol. The smallest absolute Gasteiger partial charge is 0.224 e. The summed E-state index contributed by atoms with van der Waals surface area (Å²) >= 11 is 0. The van der Waals surface area contributed by atoms with E-state index in [1.165, 1.54) is 51.4 Å². The molecule has 2 unspecified atom stereocenters. The number of carbonyl (C=O) groups is 1. The van der Waals surface area contributed by atoms with Crippen LogP contribution in [0, 0.1) is 5.92 Å². The van der Waals surface area contributed by atoms with Crippen LogP contribution in [0.15, 0.2) is 0 Å². The molecule has 0 aromatic carbocycles. The van der Waals surface area contributed by atoms with Gasteiger partial charge in [0.1, 0.15) is 0 Å². The standard InChI is InChI=1S/C16H28N2O/c17-16(9-2-1-3-10-16)12-15(19)18-11-5-7-13-6-4-8-14(13)18/h13-14H,1-12,17H2. The van der Waals surface area contributed by atoms with Crippen LogP contribution in [0.3, 0.4) is 0 Å². The largest absolute Gasteiger partial charge is 0.339 e. The number of piperidine rings is 1. The zero-order valence-corrected chi connectivity index (χ0v) is 12.1. The molecule has 3 rings (SSSR count). The van der Waals surface area contributed by atoms with Crippen molar-refractivity contribution in [3.63, 3.8) is 0 Å². The summed E-state index contributed by atoms with van der Waals surface area (Å²) in [5, 5.41) is 0. The molecule has 1 saturated heterocycles. The highest BCUT2D eigenvalue weighted by molar-refractivity contribution is 5.78. The first kappa shape index (κ1) is 13.4. The Morgan fingerprint density at radius 3 is 2.58 bits per heavy atom. The lowest BCUT2D eigenvalue weighted by molar-refractivity contribution is -0.137. The maximum absolute atomic E-state index is 12.7. The third kappa shape index (κ3) is 2.81. The van der Waals surface area contributed by atoms with Crippen LogP contribution in [0.1, 0.15) is 70.6 Å². The van der Waals surface area contributed by atoms with Crippen LogP contribution in [0.4, 0.5) is 0 Å². The third-order valence-corrected chi connectivity index (χ3v) is 5.67. The molecule has 2 aliphatic carbocycles. The van der Waals surface area contributed by atoms with E-state index in [9.17, 15) is 4.79 Å². The number of carbonyl (C=O) groups excluding carboxylic acids is 1. The first-order valence-electron chi connectivity index (χ1n) is 8.26. The molecule has 1 aliphatic heterocycles. The number of nitrogens with zero attached hydrogens (tertiary/aromatic N) is 1. The fraction of sp³-hybridized carbons (Fsp3) is 0.938. The minimum absolute atomic E-state index is 0.194. The highest BCUT2D eigenvalue weighted by Gasteiger charge is 2.39. The van der Waals surface area contributed by atoms with E-state index in [0.29, 0.717) is 18.4 Å². The number of nitrogens with two attached hydrogens (primary N) is 1. The maximum Gasteiger partial charge on any atom is 0.224 e. The SMILES string of the molecule is NC1(CC(=O)N2CCCC3CCCC32)CCCCC1. The van der Waals surface area contributed by atoms with Gasteiger partial charge in [-0.3, -0.25) is 4.79 Å². The first-order chi connectivity index (χ1) is 9.18. The van der Waals surface area contributed by atoms with Crippen molar-refractivity contribution < 1.29 is 4.79 Å². The van der Waals surface area contributed by atoms with E-state index in [2.05, 4.69) is 4.90 Å². The molecule has 0 aromatic heterocycles. The van der Waals surface area contributed by atoms with Crippen molar-refractivity contribution in [1.82, 2.24) is 4.90 Å². The van der Waals surface area contributed by atoms with Gasteiger partial charge in [-0.1, -0.05) is 25.7 Å². The Labute approximate surface area is 116 Å². The topological polar surface area (TPSA) is 46.3 Å². The molecular weight excluding hydrogens is 236 g/mol. The van der Waals surface area contributed by atoms with Gasteiger partial charge in [0.15, 0.2) is 0 Å². The molecule has 19 heavy (non-hydrogen) atoms. The van der Waals surface area contributed by atoms with Gasteiger partial charge in [0, 0.05) is 24.5 Å². The Morgan fingerprint density at radius 2 is 1.79 bits per heavy atom. The van der Waals surface area contributed by atoms with Crippen molar-refractivity contribution in [2.75, 3.05) is 6.54 Å². The van der Waals surface area contributed by atoms with Gasteiger partial charge in [0.2, 0.25) is 5.91 Å². The average Bonchev–Trinajstić information content (AvgIpc) is 2.86. The normalized spacial score (nSPS) is 34.1. The molecule has 1 amide bonds. The second-order valence-corrected chi connectivity index (χ2v) is 7.09. The highest BCUT2D eigenvalue weighted by atomic mass is 16.2. The average molecular weight is 264 g/mol. The van der Waals surface area contributed by atoms with Gasteiger partial charge in [-0.15, -0.1) is 0 Å². The summed E-state index contributed by atoms with van der Waals surface area (Å²) in [5.74, 6) is 1.14. The van der Waals surface area contributed by atoms with Crippen LogP contribution < -0.4 is 5.73 Å². The molecule has 1 heterocycles. The molecule has 0 bridgehead atoms. The van der Waals surface area contributed by atoms with E-state index in [4.69, 9.17) is 5.73 Å². The Kier molecular flexibility index (Phi) is 3.84. The lowest BCUT2D eigenvalue weighted by atomic mass is 9.79. The van der Waals surface area contributed by atoms with E-state index < -0.39 is 0 Å². The minimum Gasteiger partial charge on any atom is -0.339 e. The van der Waals surface area contributed by atoms with Crippen LogP contribution in [-0.4, -0.2) is 28.9 Å². The van der Waals surface area contributed by atoms with Gasteiger partial charge in [-0.05, 0) is 44.4 Å². The van der Waals surface area contributed by atoms with E-state index in [1.54, 1.807) is 0 Å². The quantitative estimate of drug-likeness (QED) is 0.833. The zero-order chi connectivity index (χ0) is 13.3. The Hall–Kier alpha value is -0.570. The van der Waals surface area contributed by atoms with E-state index in [0.717, 1.165) is 25.3 Å². The molecule has 2 saturated carbocycles. The fourth-order valence-corrected chi connectivity index (χ4v) is 4.60. The highest BCUT2D eigenvalue weighted by Crippen LogP contribution is 2.38. The van der Waals surface area contributed by atoms with Crippen molar-refractivity contribution in [3.8, 4) is 0 Å². The summed E-state index contributed by atoms with van der Waals surface area (Å²) in [6, 6.07) is 0.549. The fourth-order valence-electron chi connectivity index (χ4n) is 4.60. The predicted octanol–water partition coefficient (Wildman–Crippen LogP) is 2.83. The maximum atomic E-state index is 12.7. The lowest BCUT2D eigenvalue weighted by Crippen LogP contribution is -2.51. The Morgan fingerprint density at radius 1 is 1.05 bits per heavy atom. The third-order valence-electron chi connectivity index (χ3n) is 5.67. The van der Waals surface area contributed by atoms with Gasteiger partial charge in [-0.25, -0.2) is 0 Å². The number of hydrogen-bond donors (Lipinski definition) is 1. The molecule has 0 spiro atoms. The number of hydrogen-bond acceptors (Lipinski definition) is 2. The van der Waals surface area contributed by atoms with Crippen molar-refractivity contribution in [2.24, 2.45) is 11.7 Å². The van der Waals surface area contributed by atoms with Crippen molar-refractivity contribution >= 4 is 5.91 Å². The van der Waals surface area contributed by atoms with Crippen LogP contribution in [0.2, 0.25) is 0 Å². The molecule has 0 aromatic rings. The predicted molar refractivity (Wildman–Crippen MR) is 76.7 cm³/mol. The zero-order valence-electron chi connectivity index (χ0n) is 12.1. The summed E-state index contributed by atoms with van der Waals surface area (Å²) in [6.07, 6.45) is 12.8. The van der Waals surface area contributed by atoms with Gasteiger partial charge in [0.25, 0.3) is 0 Å². The number of rotatable bonds is 2. The van der Waals surface area contributed by atoms with E-state index in [1.807, 2.05) is 0 Å². The van der Waals surface area contributed by atoms with E-state index in [-0.39, 0.29) is 5.54 Å². The second-order valence-electron chi connectivity index (χ2n) is 7.09. The molecule has 3 aliphatic rings. The van der Waals surface area contributed by atoms with Crippen molar-refractivity contribution in [2.45, 2.75) is 82.2 Å². The Bertz CT molecular complexity index is 336. The number of amides is 1. The van der Waals surface area contributed by atoms with Crippen LogP contribution >= 0.6 is 0 Å². The van der Waals surface area contributed by atoms with Crippen LogP contribution in [0.25, 0.3) is 0 Å². The summed E-state index contributed by atoms with van der Waals surface area (Å²) in [7, 11) is 0. The second kappa shape index (κ2) is 5.43. The lowest BCUT2D eigenvalue weighted by Gasteiger charge is -2.41. The molecule has 2 atom stereocenters. The summed E-state index contributed by atoms with van der Waals surface area (Å²) in [5.41, 5.74) is 6.26. The van der Waals surface area contributed by atoms with Gasteiger partial charge < -0.3 is 10.6 Å². The first-order valence-corrected chi connectivity index (χ1v) is 8.26. The van der Waals surface area contributed by atoms with Gasteiger partial charge >= 0.3 is 0 Å². The van der Waals surface area contributed by atoms with Crippen LogP contribution in [0.5, 0.6) is 0 Å². The number of likely N-dealkylation sites (tertiary alicyclic amines) is 1. The number of fused-ring (bicyclic) bond motifs is 1. The Balaban J connectivity index is 1.62. The van der Waals surface area contributed by atoms with Gasteiger partial charge in [-0.2, -0.15) is 0 Å². The molecule has 0 radical (unpaired) electrons. The summed E-state index contributed by atoms with van der Waals surface area (Å²) in [6.45, 7) is 0.982. The molecule has 3 nitrogen and oxygen atoms in total. The molecule has 3 heteroatoms.